The van der Waals surface area contributed by atoms with Crippen molar-refractivity contribution in [2.45, 2.75) is 44.9 Å². The Morgan fingerprint density at radius 1 is 1.33 bits per heavy atom. The maximum Gasteiger partial charge on any atom is 0.407 e. The normalized spacial score (nSPS) is 14.4. The van der Waals surface area contributed by atoms with Crippen molar-refractivity contribution < 1.29 is 23.4 Å². The molecule has 0 aliphatic rings. The average molecular weight is 300 g/mol. The number of carbonyl (C=O) groups is 1. The first kappa shape index (κ1) is 17.4. The molecule has 0 saturated heterocycles. The van der Waals surface area contributed by atoms with Crippen molar-refractivity contribution in [3.63, 3.8) is 0 Å². The second-order valence-electron chi connectivity index (χ2n) is 5.80. The zero-order valence-electron chi connectivity index (χ0n) is 12.3. The van der Waals surface area contributed by atoms with E-state index in [2.05, 4.69) is 12.2 Å². The second-order valence-corrected chi connectivity index (χ2v) is 5.80. The van der Waals surface area contributed by atoms with E-state index in [1.165, 1.54) is 0 Å². The Morgan fingerprint density at radius 3 is 2.29 bits per heavy atom. The van der Waals surface area contributed by atoms with Crippen LogP contribution in [0.2, 0.25) is 0 Å². The largest absolute Gasteiger partial charge is 0.444 e. The summed E-state index contributed by atoms with van der Waals surface area (Å²) in [6, 6.07) is 2.20. The first-order valence-corrected chi connectivity index (χ1v) is 6.52. The zero-order valence-corrected chi connectivity index (χ0v) is 12.3. The summed E-state index contributed by atoms with van der Waals surface area (Å²) in [6.07, 6.45) is -1.85. The minimum atomic E-state index is -1.15. The molecule has 1 rings (SSSR count). The molecule has 1 aromatic rings. The van der Waals surface area contributed by atoms with E-state index in [4.69, 9.17) is 4.74 Å². The minimum Gasteiger partial charge on any atom is -0.444 e. The molecule has 117 valence electrons. The highest BCUT2D eigenvalue weighted by atomic mass is 19.1. The van der Waals surface area contributed by atoms with E-state index >= 15 is 0 Å². The van der Waals surface area contributed by atoms with E-state index in [1.807, 2.05) is 0 Å². The zero-order chi connectivity index (χ0) is 16.2. The third-order valence-corrected chi connectivity index (χ3v) is 2.54. The SMILES string of the molecule is [CH2]C(O)C(Cc1cc(F)cc(F)c1)NC(=O)OC(C)(C)C. The Bertz CT molecular complexity index is 478. The number of halogens is 2. The van der Waals surface area contributed by atoms with Crippen molar-refractivity contribution in [3.05, 3.63) is 42.3 Å². The molecule has 0 fully saturated rings. The van der Waals surface area contributed by atoms with Gasteiger partial charge in [-0.2, -0.15) is 0 Å². The van der Waals surface area contributed by atoms with Gasteiger partial charge in [-0.15, -0.1) is 0 Å². The first-order valence-electron chi connectivity index (χ1n) is 6.52. The van der Waals surface area contributed by atoms with Crippen LogP contribution in [0.4, 0.5) is 13.6 Å². The van der Waals surface area contributed by atoms with Crippen LogP contribution in [0.25, 0.3) is 0 Å². The molecule has 0 heterocycles. The molecule has 21 heavy (non-hydrogen) atoms. The number of alkyl carbamates (subject to hydrolysis) is 1. The van der Waals surface area contributed by atoms with E-state index in [0.717, 1.165) is 18.2 Å². The lowest BCUT2D eigenvalue weighted by molar-refractivity contribution is 0.0453. The standard InChI is InChI=1S/C15H20F2NO3/c1-9(19)13(18-14(20)21-15(2,3)4)7-10-5-11(16)8-12(17)6-10/h5-6,8-9,13,19H,1,7H2,2-4H3,(H,18,20). The molecule has 0 bridgehead atoms. The van der Waals surface area contributed by atoms with Crippen molar-refractivity contribution in [2.75, 3.05) is 0 Å². The number of carbonyl (C=O) groups excluding carboxylic acids is 1. The summed E-state index contributed by atoms with van der Waals surface area (Å²) in [6.45, 7) is 8.52. The van der Waals surface area contributed by atoms with Gasteiger partial charge in [-0.3, -0.25) is 0 Å². The van der Waals surface area contributed by atoms with Crippen molar-refractivity contribution in [3.8, 4) is 0 Å². The van der Waals surface area contributed by atoms with Gasteiger partial charge in [-0.1, -0.05) is 0 Å². The Hall–Kier alpha value is -1.69. The number of nitrogens with one attached hydrogen (secondary N) is 1. The van der Waals surface area contributed by atoms with Gasteiger partial charge in [0.1, 0.15) is 17.2 Å². The maximum absolute atomic E-state index is 13.1. The fraction of sp³-hybridized carbons (Fsp3) is 0.467. The predicted octanol–water partition coefficient (Wildman–Crippen LogP) is 2.60. The van der Waals surface area contributed by atoms with Crippen LogP contribution in [-0.4, -0.2) is 28.9 Å². The quantitative estimate of drug-likeness (QED) is 0.898. The van der Waals surface area contributed by atoms with Crippen LogP contribution in [0, 0.1) is 18.6 Å². The molecule has 2 atom stereocenters. The summed E-state index contributed by atoms with van der Waals surface area (Å²) >= 11 is 0. The highest BCUT2D eigenvalue weighted by Crippen LogP contribution is 2.13. The van der Waals surface area contributed by atoms with E-state index in [1.54, 1.807) is 20.8 Å². The summed E-state index contributed by atoms with van der Waals surface area (Å²) in [5, 5.41) is 12.0. The summed E-state index contributed by atoms with van der Waals surface area (Å²) in [7, 11) is 0. The number of ether oxygens (including phenoxy) is 1. The van der Waals surface area contributed by atoms with Gasteiger partial charge in [0.25, 0.3) is 0 Å². The van der Waals surface area contributed by atoms with Gasteiger partial charge >= 0.3 is 6.09 Å². The van der Waals surface area contributed by atoms with Gasteiger partial charge in [-0.05, 0) is 51.8 Å². The van der Waals surface area contributed by atoms with E-state index < -0.39 is 35.5 Å². The van der Waals surface area contributed by atoms with Gasteiger partial charge in [0.05, 0.1) is 12.1 Å². The molecule has 1 aromatic carbocycles. The molecule has 0 aliphatic heterocycles. The van der Waals surface area contributed by atoms with Crippen molar-refractivity contribution in [1.29, 1.82) is 0 Å². The summed E-state index contributed by atoms with van der Waals surface area (Å²) in [5.74, 6) is -1.45. The van der Waals surface area contributed by atoms with Gasteiger partial charge in [0, 0.05) is 6.07 Å². The molecular weight excluding hydrogens is 280 g/mol. The Labute approximate surface area is 123 Å². The third kappa shape index (κ3) is 6.53. The van der Waals surface area contributed by atoms with E-state index in [9.17, 15) is 18.7 Å². The molecule has 0 aliphatic carbocycles. The lowest BCUT2D eigenvalue weighted by atomic mass is 10.0. The lowest BCUT2D eigenvalue weighted by Crippen LogP contribution is -2.45. The van der Waals surface area contributed by atoms with Crippen LogP contribution in [0.15, 0.2) is 18.2 Å². The van der Waals surface area contributed by atoms with E-state index in [-0.39, 0.29) is 6.42 Å². The summed E-state index contributed by atoms with van der Waals surface area (Å²) in [5.41, 5.74) is -0.387. The van der Waals surface area contributed by atoms with Crippen molar-refractivity contribution >= 4 is 6.09 Å². The number of hydrogen-bond acceptors (Lipinski definition) is 3. The highest BCUT2D eigenvalue weighted by Gasteiger charge is 2.23. The average Bonchev–Trinajstić information content (AvgIpc) is 2.23. The molecule has 4 nitrogen and oxygen atoms in total. The van der Waals surface area contributed by atoms with Crippen LogP contribution < -0.4 is 5.32 Å². The topological polar surface area (TPSA) is 58.6 Å². The Morgan fingerprint density at radius 2 is 1.86 bits per heavy atom. The molecule has 2 N–H and O–H groups in total. The Kier molecular flexibility index (Phi) is 5.66. The molecule has 1 radical (unpaired) electrons. The minimum absolute atomic E-state index is 0.0264. The molecule has 0 spiro atoms. The number of hydrogen-bond donors (Lipinski definition) is 2. The molecule has 0 aromatic heterocycles. The fourth-order valence-corrected chi connectivity index (χ4v) is 1.72. The van der Waals surface area contributed by atoms with Gasteiger partial charge in [-0.25, -0.2) is 13.6 Å². The highest BCUT2D eigenvalue weighted by molar-refractivity contribution is 5.68. The lowest BCUT2D eigenvalue weighted by Gasteiger charge is -2.25. The fourth-order valence-electron chi connectivity index (χ4n) is 1.72. The number of amides is 1. The monoisotopic (exact) mass is 300 g/mol. The summed E-state index contributed by atoms with van der Waals surface area (Å²) in [4.78, 5) is 11.7. The van der Waals surface area contributed by atoms with Gasteiger partial charge in [0.15, 0.2) is 0 Å². The second kappa shape index (κ2) is 6.85. The molecule has 1 amide bonds. The molecule has 2 unspecified atom stereocenters. The van der Waals surface area contributed by atoms with Crippen molar-refractivity contribution in [1.82, 2.24) is 5.32 Å². The number of benzene rings is 1. The number of rotatable bonds is 4. The van der Waals surface area contributed by atoms with Crippen LogP contribution in [0.1, 0.15) is 26.3 Å². The van der Waals surface area contributed by atoms with Gasteiger partial charge in [0.2, 0.25) is 0 Å². The van der Waals surface area contributed by atoms with Crippen molar-refractivity contribution in [2.24, 2.45) is 0 Å². The first-order chi connectivity index (χ1) is 9.56. The Balaban J connectivity index is 2.76. The number of aliphatic hydroxyl groups excluding tert-OH is 1. The maximum atomic E-state index is 13.1. The van der Waals surface area contributed by atoms with Crippen LogP contribution in [-0.2, 0) is 11.2 Å². The molecule has 0 saturated carbocycles. The third-order valence-electron chi connectivity index (χ3n) is 2.54. The predicted molar refractivity (Wildman–Crippen MR) is 74.6 cm³/mol. The van der Waals surface area contributed by atoms with E-state index in [0.29, 0.717) is 5.56 Å². The van der Waals surface area contributed by atoms with Crippen LogP contribution in [0.5, 0.6) is 0 Å². The smallest absolute Gasteiger partial charge is 0.407 e. The van der Waals surface area contributed by atoms with Crippen LogP contribution in [0.3, 0.4) is 0 Å². The summed E-state index contributed by atoms with van der Waals surface area (Å²) < 4.78 is 31.3. The van der Waals surface area contributed by atoms with Crippen LogP contribution >= 0.6 is 0 Å². The number of aliphatic hydroxyl groups is 1. The molecule has 6 heteroatoms. The van der Waals surface area contributed by atoms with Gasteiger partial charge < -0.3 is 15.2 Å². The molecular formula is C15H20F2NO3.